The summed E-state index contributed by atoms with van der Waals surface area (Å²) < 4.78 is 0. The molecule has 0 saturated heterocycles. The third-order valence-electron chi connectivity index (χ3n) is 0.900. The van der Waals surface area contributed by atoms with Crippen LogP contribution in [0.1, 0.15) is 0 Å². The van der Waals surface area contributed by atoms with E-state index in [-0.39, 0.29) is 0 Å². The summed E-state index contributed by atoms with van der Waals surface area (Å²) in [7, 11) is 0. The van der Waals surface area contributed by atoms with Crippen molar-refractivity contribution in [3.8, 4) is 0 Å². The normalized spacial score (nSPS) is 9.55. The number of halogens is 1. The topological polar surface area (TPSA) is 25.8 Å². The maximum absolute atomic E-state index is 5.56. The van der Waals surface area contributed by atoms with E-state index < -0.39 is 0 Å². The van der Waals surface area contributed by atoms with E-state index in [1.165, 1.54) is 11.8 Å². The number of thioether (sulfide) groups is 1. The summed E-state index contributed by atoms with van der Waals surface area (Å²) >= 11 is 7.03. The standard InChI is InChI=1S/C7H7ClN2S/c1-6(8)5-11-7-9-3-2-4-10-7/h2-4H,1,5H2. The van der Waals surface area contributed by atoms with Crippen molar-refractivity contribution in [2.75, 3.05) is 5.75 Å². The summed E-state index contributed by atoms with van der Waals surface area (Å²) in [4.78, 5) is 8.01. The molecule has 0 aliphatic carbocycles. The van der Waals surface area contributed by atoms with E-state index in [2.05, 4.69) is 16.5 Å². The molecule has 0 radical (unpaired) electrons. The monoisotopic (exact) mass is 186 g/mol. The average Bonchev–Trinajstić information content (AvgIpc) is 2.03. The Kier molecular flexibility index (Phi) is 3.39. The van der Waals surface area contributed by atoms with Crippen LogP contribution in [0.15, 0.2) is 35.2 Å². The molecule has 0 spiro atoms. The molecule has 11 heavy (non-hydrogen) atoms. The van der Waals surface area contributed by atoms with Gasteiger partial charge in [0.2, 0.25) is 0 Å². The molecule has 0 fully saturated rings. The molecule has 0 aromatic carbocycles. The first-order valence-electron chi connectivity index (χ1n) is 3.02. The molecule has 0 aliphatic rings. The Morgan fingerprint density at radius 3 is 2.73 bits per heavy atom. The maximum atomic E-state index is 5.56. The summed E-state index contributed by atoms with van der Waals surface area (Å²) in [6, 6.07) is 1.78. The maximum Gasteiger partial charge on any atom is 0.187 e. The largest absolute Gasteiger partial charge is 0.231 e. The average molecular weight is 187 g/mol. The lowest BCUT2D eigenvalue weighted by molar-refractivity contribution is 0.969. The first kappa shape index (κ1) is 8.56. The van der Waals surface area contributed by atoms with Crippen molar-refractivity contribution in [3.63, 3.8) is 0 Å². The Bertz CT molecular complexity index is 237. The molecule has 1 aromatic rings. The molecular formula is C7H7ClN2S. The molecule has 1 rings (SSSR count). The number of hydrogen-bond acceptors (Lipinski definition) is 3. The summed E-state index contributed by atoms with van der Waals surface area (Å²) in [5, 5.41) is 1.34. The lowest BCUT2D eigenvalue weighted by Gasteiger charge is -1.95. The minimum absolute atomic E-state index is 0.613. The molecule has 0 aliphatic heterocycles. The van der Waals surface area contributed by atoms with Crippen molar-refractivity contribution < 1.29 is 0 Å². The lowest BCUT2D eigenvalue weighted by Crippen LogP contribution is -1.84. The highest BCUT2D eigenvalue weighted by molar-refractivity contribution is 7.99. The fourth-order valence-corrected chi connectivity index (χ4v) is 1.22. The predicted molar refractivity (Wildman–Crippen MR) is 47.7 cm³/mol. The molecule has 4 heteroatoms. The summed E-state index contributed by atoms with van der Waals surface area (Å²) in [6.45, 7) is 3.56. The fraction of sp³-hybridized carbons (Fsp3) is 0.143. The molecule has 0 unspecified atom stereocenters. The van der Waals surface area contributed by atoms with Crippen molar-refractivity contribution in [1.29, 1.82) is 0 Å². The van der Waals surface area contributed by atoms with Crippen LogP contribution in [-0.2, 0) is 0 Å². The van der Waals surface area contributed by atoms with Crippen LogP contribution in [0.5, 0.6) is 0 Å². The van der Waals surface area contributed by atoms with Crippen LogP contribution in [0.3, 0.4) is 0 Å². The molecule has 0 saturated carbocycles. The predicted octanol–water partition coefficient (Wildman–Crippen LogP) is 2.32. The Labute approximate surface area is 74.7 Å². The molecule has 1 aromatic heterocycles. The van der Waals surface area contributed by atoms with Gasteiger partial charge >= 0.3 is 0 Å². The zero-order valence-corrected chi connectivity index (χ0v) is 7.40. The van der Waals surface area contributed by atoms with Gasteiger partial charge in [0.15, 0.2) is 5.16 Å². The Morgan fingerprint density at radius 2 is 2.18 bits per heavy atom. The van der Waals surface area contributed by atoms with E-state index in [4.69, 9.17) is 11.6 Å². The number of rotatable bonds is 3. The van der Waals surface area contributed by atoms with Crippen LogP contribution in [-0.4, -0.2) is 15.7 Å². The van der Waals surface area contributed by atoms with Crippen molar-refractivity contribution in [3.05, 3.63) is 30.1 Å². The molecule has 58 valence electrons. The summed E-state index contributed by atoms with van der Waals surface area (Å²) in [5.74, 6) is 0.658. The number of nitrogens with zero attached hydrogens (tertiary/aromatic N) is 2. The first-order valence-corrected chi connectivity index (χ1v) is 4.38. The molecule has 2 nitrogen and oxygen atoms in total. The van der Waals surface area contributed by atoms with Gasteiger partial charge in [0.05, 0.1) is 0 Å². The quantitative estimate of drug-likeness (QED) is 0.535. The van der Waals surface area contributed by atoms with E-state index >= 15 is 0 Å². The van der Waals surface area contributed by atoms with Crippen molar-refractivity contribution in [2.24, 2.45) is 0 Å². The minimum Gasteiger partial charge on any atom is -0.231 e. The second kappa shape index (κ2) is 4.36. The second-order valence-electron chi connectivity index (χ2n) is 1.84. The van der Waals surface area contributed by atoms with Crippen LogP contribution in [0.2, 0.25) is 0 Å². The Hall–Kier alpha value is -0.540. The summed E-state index contributed by atoms with van der Waals surface area (Å²) in [6.07, 6.45) is 3.40. The van der Waals surface area contributed by atoms with Gasteiger partial charge in [-0.05, 0) is 6.07 Å². The zero-order valence-electron chi connectivity index (χ0n) is 5.83. The molecular weight excluding hydrogens is 180 g/mol. The van der Waals surface area contributed by atoms with E-state index in [1.807, 2.05) is 0 Å². The van der Waals surface area contributed by atoms with Crippen molar-refractivity contribution >= 4 is 23.4 Å². The van der Waals surface area contributed by atoms with Crippen LogP contribution in [0.4, 0.5) is 0 Å². The van der Waals surface area contributed by atoms with Gasteiger partial charge in [-0.3, -0.25) is 0 Å². The van der Waals surface area contributed by atoms with Crippen molar-refractivity contribution in [1.82, 2.24) is 9.97 Å². The zero-order chi connectivity index (χ0) is 8.10. The van der Waals surface area contributed by atoms with Gasteiger partial charge in [-0.2, -0.15) is 0 Å². The van der Waals surface area contributed by atoms with Crippen LogP contribution in [0, 0.1) is 0 Å². The first-order chi connectivity index (χ1) is 5.29. The Balaban J connectivity index is 2.45. The third kappa shape index (κ3) is 3.39. The Morgan fingerprint density at radius 1 is 1.55 bits per heavy atom. The van der Waals surface area contributed by atoms with Gasteiger partial charge < -0.3 is 0 Å². The van der Waals surface area contributed by atoms with E-state index in [0.29, 0.717) is 10.8 Å². The third-order valence-corrected chi connectivity index (χ3v) is 2.15. The van der Waals surface area contributed by atoms with E-state index in [1.54, 1.807) is 18.5 Å². The number of aromatic nitrogens is 2. The number of hydrogen-bond donors (Lipinski definition) is 0. The second-order valence-corrected chi connectivity index (χ2v) is 3.31. The SMILES string of the molecule is C=C(Cl)CSc1ncccn1. The van der Waals surface area contributed by atoms with Gasteiger partial charge in [0.25, 0.3) is 0 Å². The van der Waals surface area contributed by atoms with E-state index in [9.17, 15) is 0 Å². The van der Waals surface area contributed by atoms with Crippen molar-refractivity contribution in [2.45, 2.75) is 5.16 Å². The molecule has 1 heterocycles. The molecule has 0 N–H and O–H groups in total. The summed E-state index contributed by atoms with van der Waals surface area (Å²) in [5.41, 5.74) is 0. The van der Waals surface area contributed by atoms with Gasteiger partial charge in [-0.15, -0.1) is 0 Å². The van der Waals surface area contributed by atoms with Gasteiger partial charge in [0, 0.05) is 23.2 Å². The molecule has 0 bridgehead atoms. The smallest absolute Gasteiger partial charge is 0.187 e. The molecule has 0 amide bonds. The highest BCUT2D eigenvalue weighted by Crippen LogP contribution is 2.15. The molecule has 0 atom stereocenters. The van der Waals surface area contributed by atoms with Crippen LogP contribution in [0.25, 0.3) is 0 Å². The highest BCUT2D eigenvalue weighted by atomic mass is 35.5. The van der Waals surface area contributed by atoms with E-state index in [0.717, 1.165) is 5.16 Å². The van der Waals surface area contributed by atoms with Gasteiger partial charge in [0.1, 0.15) is 0 Å². The fourth-order valence-electron chi connectivity index (χ4n) is 0.503. The van der Waals surface area contributed by atoms with Crippen LogP contribution < -0.4 is 0 Å². The minimum atomic E-state index is 0.613. The lowest BCUT2D eigenvalue weighted by atomic mass is 10.7. The van der Waals surface area contributed by atoms with Crippen LogP contribution >= 0.6 is 23.4 Å². The highest BCUT2D eigenvalue weighted by Gasteiger charge is 1.95. The van der Waals surface area contributed by atoms with Gasteiger partial charge in [-0.1, -0.05) is 29.9 Å². The van der Waals surface area contributed by atoms with Gasteiger partial charge in [-0.25, -0.2) is 9.97 Å².